The molecule has 0 N–H and O–H groups in total. The molecule has 0 saturated heterocycles. The van der Waals surface area contributed by atoms with Gasteiger partial charge in [0, 0.05) is 21.7 Å². The van der Waals surface area contributed by atoms with Gasteiger partial charge in [-0.15, -0.1) is 0 Å². The van der Waals surface area contributed by atoms with Gasteiger partial charge >= 0.3 is 0 Å². The Labute approximate surface area is 161 Å². The van der Waals surface area contributed by atoms with Gasteiger partial charge in [0.25, 0.3) is 0 Å². The molecule has 0 spiro atoms. The van der Waals surface area contributed by atoms with Crippen molar-refractivity contribution in [3.05, 3.63) is 88.9 Å². The van der Waals surface area contributed by atoms with E-state index in [1.165, 1.54) is 0 Å². The van der Waals surface area contributed by atoms with Crippen LogP contribution in [0.15, 0.2) is 78.9 Å². The Kier molecular flexibility index (Phi) is 4.65. The summed E-state index contributed by atoms with van der Waals surface area (Å²) >= 11 is 12.5. The summed E-state index contributed by atoms with van der Waals surface area (Å²) in [5.74, 6) is 1.67. The SMILES string of the molecule is Clc1ccc(Cl)c(-c2nc(-c3ccccc3)nc(-c3ccccc3)n2)c1. The molecule has 0 aliphatic carbocycles. The Morgan fingerprint density at radius 2 is 1.04 bits per heavy atom. The van der Waals surface area contributed by atoms with Crippen LogP contribution in [-0.4, -0.2) is 15.0 Å². The van der Waals surface area contributed by atoms with E-state index in [9.17, 15) is 0 Å². The normalized spacial score (nSPS) is 10.7. The number of hydrogen-bond donors (Lipinski definition) is 0. The first kappa shape index (κ1) is 16.7. The molecule has 1 heterocycles. The minimum absolute atomic E-state index is 0.491. The molecule has 5 heteroatoms. The lowest BCUT2D eigenvalue weighted by atomic mass is 10.1. The van der Waals surface area contributed by atoms with Crippen LogP contribution in [0.25, 0.3) is 34.2 Å². The van der Waals surface area contributed by atoms with Crippen LogP contribution in [0.5, 0.6) is 0 Å². The van der Waals surface area contributed by atoms with Crippen LogP contribution in [0.2, 0.25) is 10.0 Å². The maximum atomic E-state index is 6.37. The topological polar surface area (TPSA) is 38.7 Å². The van der Waals surface area contributed by atoms with E-state index in [-0.39, 0.29) is 0 Å². The van der Waals surface area contributed by atoms with Gasteiger partial charge in [-0.3, -0.25) is 0 Å². The van der Waals surface area contributed by atoms with Gasteiger partial charge < -0.3 is 0 Å². The minimum Gasteiger partial charge on any atom is -0.208 e. The molecule has 4 aromatic rings. The van der Waals surface area contributed by atoms with Gasteiger partial charge in [-0.25, -0.2) is 15.0 Å². The van der Waals surface area contributed by atoms with E-state index in [1.54, 1.807) is 18.2 Å². The summed E-state index contributed by atoms with van der Waals surface area (Å²) in [5.41, 5.74) is 2.49. The number of aromatic nitrogens is 3. The number of benzene rings is 3. The Bertz CT molecular complexity index is 994. The molecule has 0 fully saturated rings. The van der Waals surface area contributed by atoms with Gasteiger partial charge in [0.15, 0.2) is 17.5 Å². The lowest BCUT2D eigenvalue weighted by Gasteiger charge is -2.09. The first-order valence-electron chi connectivity index (χ1n) is 8.03. The van der Waals surface area contributed by atoms with E-state index in [2.05, 4.69) is 15.0 Å². The van der Waals surface area contributed by atoms with Crippen molar-refractivity contribution < 1.29 is 0 Å². The zero-order valence-electron chi connectivity index (χ0n) is 13.6. The first-order valence-corrected chi connectivity index (χ1v) is 8.78. The van der Waals surface area contributed by atoms with Crippen LogP contribution in [0, 0.1) is 0 Å². The predicted molar refractivity (Wildman–Crippen MR) is 106 cm³/mol. The molecular formula is C21H13Cl2N3. The highest BCUT2D eigenvalue weighted by molar-refractivity contribution is 6.35. The zero-order valence-corrected chi connectivity index (χ0v) is 15.1. The zero-order chi connectivity index (χ0) is 17.9. The van der Waals surface area contributed by atoms with E-state index in [4.69, 9.17) is 23.2 Å². The second kappa shape index (κ2) is 7.24. The van der Waals surface area contributed by atoms with Crippen LogP contribution >= 0.6 is 23.2 Å². The Balaban J connectivity index is 1.95. The van der Waals surface area contributed by atoms with Gasteiger partial charge in [-0.2, -0.15) is 0 Å². The molecule has 0 unspecified atom stereocenters. The van der Waals surface area contributed by atoms with Crippen molar-refractivity contribution in [2.45, 2.75) is 0 Å². The van der Waals surface area contributed by atoms with Crippen molar-refractivity contribution in [2.75, 3.05) is 0 Å². The molecule has 0 aliphatic rings. The van der Waals surface area contributed by atoms with E-state index in [0.29, 0.717) is 33.1 Å². The maximum Gasteiger partial charge on any atom is 0.165 e. The maximum absolute atomic E-state index is 6.37. The summed E-state index contributed by atoms with van der Waals surface area (Å²) in [5, 5.41) is 1.12. The summed E-state index contributed by atoms with van der Waals surface area (Å²) in [7, 11) is 0. The summed E-state index contributed by atoms with van der Waals surface area (Å²) in [6, 6.07) is 24.8. The molecular weight excluding hydrogens is 365 g/mol. The second-order valence-electron chi connectivity index (χ2n) is 5.66. The highest BCUT2D eigenvalue weighted by Gasteiger charge is 2.14. The van der Waals surface area contributed by atoms with Crippen molar-refractivity contribution in [2.24, 2.45) is 0 Å². The highest BCUT2D eigenvalue weighted by atomic mass is 35.5. The molecule has 0 amide bonds. The lowest BCUT2D eigenvalue weighted by molar-refractivity contribution is 1.07. The molecule has 26 heavy (non-hydrogen) atoms. The third kappa shape index (κ3) is 3.45. The number of nitrogens with zero attached hydrogens (tertiary/aromatic N) is 3. The van der Waals surface area contributed by atoms with Crippen molar-refractivity contribution in [1.82, 2.24) is 15.0 Å². The fraction of sp³-hybridized carbons (Fsp3) is 0. The van der Waals surface area contributed by atoms with Gasteiger partial charge in [-0.1, -0.05) is 83.9 Å². The van der Waals surface area contributed by atoms with Crippen molar-refractivity contribution >= 4 is 23.2 Å². The largest absolute Gasteiger partial charge is 0.208 e. The van der Waals surface area contributed by atoms with Crippen molar-refractivity contribution in [3.8, 4) is 34.2 Å². The molecule has 0 radical (unpaired) electrons. The number of halogens is 2. The van der Waals surface area contributed by atoms with Gasteiger partial charge in [0.1, 0.15) is 0 Å². The van der Waals surface area contributed by atoms with Gasteiger partial charge in [-0.05, 0) is 18.2 Å². The van der Waals surface area contributed by atoms with E-state index >= 15 is 0 Å². The molecule has 4 rings (SSSR count). The average molecular weight is 378 g/mol. The summed E-state index contributed by atoms with van der Waals surface area (Å²) in [6.45, 7) is 0. The Hall–Kier alpha value is -2.75. The van der Waals surface area contributed by atoms with Crippen LogP contribution < -0.4 is 0 Å². The summed E-state index contributed by atoms with van der Waals surface area (Å²) in [6.07, 6.45) is 0. The third-order valence-corrected chi connectivity index (χ3v) is 4.43. The monoisotopic (exact) mass is 377 g/mol. The Morgan fingerprint density at radius 1 is 0.538 bits per heavy atom. The van der Waals surface area contributed by atoms with Gasteiger partial charge in [0.05, 0.1) is 5.02 Å². The van der Waals surface area contributed by atoms with E-state index < -0.39 is 0 Å². The van der Waals surface area contributed by atoms with Crippen LogP contribution in [0.4, 0.5) is 0 Å². The smallest absolute Gasteiger partial charge is 0.165 e. The molecule has 0 bridgehead atoms. The Morgan fingerprint density at radius 3 is 1.58 bits per heavy atom. The lowest BCUT2D eigenvalue weighted by Crippen LogP contribution is -2.00. The molecule has 3 nitrogen and oxygen atoms in total. The second-order valence-corrected chi connectivity index (χ2v) is 6.51. The quantitative estimate of drug-likeness (QED) is 0.427. The number of hydrogen-bond acceptors (Lipinski definition) is 3. The minimum atomic E-state index is 0.491. The predicted octanol–water partition coefficient (Wildman–Crippen LogP) is 6.18. The van der Waals surface area contributed by atoms with Gasteiger partial charge in [0.2, 0.25) is 0 Å². The van der Waals surface area contributed by atoms with Crippen molar-refractivity contribution in [1.29, 1.82) is 0 Å². The summed E-state index contributed by atoms with van der Waals surface area (Å²) in [4.78, 5) is 13.9. The third-order valence-electron chi connectivity index (χ3n) is 3.87. The molecule has 1 aromatic heterocycles. The first-order chi connectivity index (χ1) is 12.7. The summed E-state index contributed by atoms with van der Waals surface area (Å²) < 4.78 is 0. The van der Waals surface area contributed by atoms with E-state index in [1.807, 2.05) is 60.7 Å². The fourth-order valence-electron chi connectivity index (χ4n) is 2.60. The standard InChI is InChI=1S/C21H13Cl2N3/c22-16-11-12-18(23)17(13-16)21-25-19(14-7-3-1-4-8-14)24-20(26-21)15-9-5-2-6-10-15/h1-13H. The molecule has 126 valence electrons. The van der Waals surface area contributed by atoms with E-state index in [0.717, 1.165) is 11.1 Å². The van der Waals surface area contributed by atoms with Crippen LogP contribution in [-0.2, 0) is 0 Å². The molecule has 3 aromatic carbocycles. The van der Waals surface area contributed by atoms with Crippen LogP contribution in [0.3, 0.4) is 0 Å². The molecule has 0 aliphatic heterocycles. The average Bonchev–Trinajstić information content (AvgIpc) is 2.71. The van der Waals surface area contributed by atoms with Crippen LogP contribution in [0.1, 0.15) is 0 Å². The van der Waals surface area contributed by atoms with Crippen molar-refractivity contribution in [3.63, 3.8) is 0 Å². The highest BCUT2D eigenvalue weighted by Crippen LogP contribution is 2.30. The number of rotatable bonds is 3. The fourth-order valence-corrected chi connectivity index (χ4v) is 2.97. The molecule has 0 atom stereocenters. The molecule has 0 saturated carbocycles.